The predicted molar refractivity (Wildman–Crippen MR) is 69.6 cm³/mol. The summed E-state index contributed by atoms with van der Waals surface area (Å²) in [6.45, 7) is -0.124. The molecule has 0 radical (unpaired) electrons. The lowest BCUT2D eigenvalue weighted by atomic mass is 10.0. The first-order valence-electron chi connectivity index (χ1n) is 6.25. The van der Waals surface area contributed by atoms with Crippen LogP contribution < -0.4 is 4.72 Å². The number of hydrogen-bond acceptors (Lipinski definition) is 6. The van der Waals surface area contributed by atoms with Gasteiger partial charge in [-0.3, -0.25) is 0 Å². The molecule has 7 nitrogen and oxygen atoms in total. The topological polar surface area (TPSA) is 96.9 Å². The van der Waals surface area contributed by atoms with Crippen LogP contribution in [0.2, 0.25) is 0 Å². The molecule has 0 amide bonds. The highest BCUT2D eigenvalue weighted by atomic mass is 32.2. The Morgan fingerprint density at radius 3 is 2.26 bits per heavy atom. The van der Waals surface area contributed by atoms with Crippen molar-refractivity contribution in [3.63, 3.8) is 0 Å². The fraction of sp³-hybridized carbons (Fsp3) is 0.250. The molecule has 0 atom stereocenters. The van der Waals surface area contributed by atoms with E-state index in [9.17, 15) is 21.6 Å². The summed E-state index contributed by atoms with van der Waals surface area (Å²) < 4.78 is 69.7. The van der Waals surface area contributed by atoms with Crippen molar-refractivity contribution in [2.45, 2.75) is 23.3 Å². The molecule has 1 aliphatic heterocycles. The Morgan fingerprint density at radius 2 is 1.78 bits per heavy atom. The number of nitrogens with zero attached hydrogens (tertiary/aromatic N) is 3. The molecular formula is C12H9F3N4O3S. The highest BCUT2D eigenvalue weighted by molar-refractivity contribution is 7.89. The molecule has 0 fully saturated rings. The fourth-order valence-corrected chi connectivity index (χ4v) is 2.89. The normalized spacial score (nSPS) is 16.5. The van der Waals surface area contributed by atoms with Gasteiger partial charge in [0.1, 0.15) is 0 Å². The summed E-state index contributed by atoms with van der Waals surface area (Å²) in [6.07, 6.45) is -3.30. The third kappa shape index (κ3) is 2.84. The minimum Gasteiger partial charge on any atom is -0.360 e. The molecule has 0 aliphatic carbocycles. The molecule has 3 rings (SSSR count). The van der Waals surface area contributed by atoms with Crippen LogP contribution in [-0.2, 0) is 22.2 Å². The summed E-state index contributed by atoms with van der Waals surface area (Å²) in [5, 5.41) is 9.53. The largest absolute Gasteiger partial charge is 0.442 e. The van der Waals surface area contributed by atoms with E-state index < -0.39 is 21.9 Å². The second-order valence-corrected chi connectivity index (χ2v) is 6.46. The molecule has 1 aliphatic rings. The van der Waals surface area contributed by atoms with Crippen molar-refractivity contribution >= 4 is 10.0 Å². The molecule has 0 saturated heterocycles. The predicted octanol–water partition coefficient (Wildman–Crippen LogP) is 2.33. The highest BCUT2D eigenvalue weighted by Gasteiger charge is 2.65. The maximum atomic E-state index is 12.9. The number of nitrogens with one attached hydrogen (secondary N) is 1. The van der Waals surface area contributed by atoms with Crippen molar-refractivity contribution in [3.8, 4) is 0 Å². The van der Waals surface area contributed by atoms with Gasteiger partial charge in [0.05, 0.1) is 17.6 Å². The van der Waals surface area contributed by atoms with E-state index in [0.717, 1.165) is 24.3 Å². The summed E-state index contributed by atoms with van der Waals surface area (Å²) in [4.78, 5) is -0.182. The maximum absolute atomic E-state index is 12.9. The number of halogens is 3. The van der Waals surface area contributed by atoms with E-state index in [2.05, 4.69) is 20.1 Å². The number of alkyl halides is 3. The fourth-order valence-electron chi connectivity index (χ4n) is 1.89. The van der Waals surface area contributed by atoms with Gasteiger partial charge in [-0.25, -0.2) is 13.1 Å². The van der Waals surface area contributed by atoms with Gasteiger partial charge in [0.25, 0.3) is 0 Å². The van der Waals surface area contributed by atoms with E-state index >= 15 is 0 Å². The quantitative estimate of drug-likeness (QED) is 0.898. The molecule has 2 heterocycles. The molecule has 11 heteroatoms. The Balaban J connectivity index is 1.77. The van der Waals surface area contributed by atoms with Crippen LogP contribution >= 0.6 is 0 Å². The highest BCUT2D eigenvalue weighted by Crippen LogP contribution is 2.52. The van der Waals surface area contributed by atoms with E-state index in [1.54, 1.807) is 0 Å². The molecule has 1 aromatic heterocycles. The van der Waals surface area contributed by atoms with Gasteiger partial charge in [-0.1, -0.05) is 17.3 Å². The van der Waals surface area contributed by atoms with Crippen LogP contribution in [0.3, 0.4) is 0 Å². The van der Waals surface area contributed by atoms with Crippen LogP contribution in [0, 0.1) is 0 Å². The van der Waals surface area contributed by atoms with Gasteiger partial charge in [-0.05, 0) is 12.1 Å². The van der Waals surface area contributed by atoms with Gasteiger partial charge in [0, 0.05) is 11.6 Å². The van der Waals surface area contributed by atoms with Crippen molar-refractivity contribution < 1.29 is 26.1 Å². The minimum absolute atomic E-state index is 0.124. The molecular weight excluding hydrogens is 337 g/mol. The van der Waals surface area contributed by atoms with Gasteiger partial charge in [-0.15, -0.1) is 10.2 Å². The Morgan fingerprint density at radius 1 is 1.13 bits per heavy atom. The van der Waals surface area contributed by atoms with E-state index in [0.29, 0.717) is 5.76 Å². The van der Waals surface area contributed by atoms with Crippen molar-refractivity contribution in [2.24, 2.45) is 10.2 Å². The molecule has 1 aromatic carbocycles. The Kier molecular flexibility index (Phi) is 3.48. The molecule has 0 bridgehead atoms. The van der Waals surface area contributed by atoms with Crippen molar-refractivity contribution in [2.75, 3.05) is 0 Å². The van der Waals surface area contributed by atoms with Crippen LogP contribution in [-0.4, -0.2) is 19.8 Å². The SMILES string of the molecule is O=S(=O)(NCc1ccno1)c1ccc(C2(C(F)(F)F)N=N2)cc1. The standard InChI is InChI=1S/C12H9F3N4O3S/c13-12(14,15)11(18-19-11)8-1-3-10(4-2-8)23(20,21)17-7-9-5-6-16-22-9/h1-6,17H,7H2. The lowest BCUT2D eigenvalue weighted by Gasteiger charge is -2.15. The molecule has 2 aromatic rings. The van der Waals surface area contributed by atoms with Gasteiger partial charge in [0.15, 0.2) is 5.76 Å². The number of aromatic nitrogens is 1. The number of hydrogen-bond donors (Lipinski definition) is 1. The maximum Gasteiger partial charge on any atom is 0.442 e. The number of sulfonamides is 1. The lowest BCUT2D eigenvalue weighted by Crippen LogP contribution is -2.30. The molecule has 0 unspecified atom stereocenters. The van der Waals surface area contributed by atoms with Crippen molar-refractivity contribution in [3.05, 3.63) is 47.9 Å². The lowest BCUT2D eigenvalue weighted by molar-refractivity contribution is -0.166. The average Bonchev–Trinajstić information content (AvgIpc) is 3.16. The summed E-state index contributed by atoms with van der Waals surface area (Å²) in [6, 6.07) is 5.69. The van der Waals surface area contributed by atoms with Crippen LogP contribution in [0.4, 0.5) is 13.2 Å². The smallest absolute Gasteiger partial charge is 0.360 e. The number of rotatable bonds is 5. The molecule has 0 saturated carbocycles. The van der Waals surface area contributed by atoms with Gasteiger partial charge < -0.3 is 4.52 Å². The Hall–Kier alpha value is -2.27. The molecule has 23 heavy (non-hydrogen) atoms. The van der Waals surface area contributed by atoms with E-state index in [4.69, 9.17) is 4.52 Å². The summed E-state index contributed by atoms with van der Waals surface area (Å²) >= 11 is 0. The van der Waals surface area contributed by atoms with Gasteiger partial charge in [0.2, 0.25) is 10.0 Å². The van der Waals surface area contributed by atoms with E-state index in [1.165, 1.54) is 12.3 Å². The third-order valence-electron chi connectivity index (χ3n) is 3.19. The van der Waals surface area contributed by atoms with Crippen molar-refractivity contribution in [1.29, 1.82) is 0 Å². The molecule has 1 N–H and O–H groups in total. The average molecular weight is 346 g/mol. The van der Waals surface area contributed by atoms with Crippen LogP contribution in [0.15, 0.2) is 56.2 Å². The third-order valence-corrected chi connectivity index (χ3v) is 4.61. The zero-order chi connectivity index (χ0) is 16.7. The summed E-state index contributed by atoms with van der Waals surface area (Å²) in [5.74, 6) is 0.303. The second kappa shape index (κ2) is 5.13. The van der Waals surface area contributed by atoms with Crippen LogP contribution in [0.1, 0.15) is 11.3 Å². The first-order valence-corrected chi connectivity index (χ1v) is 7.73. The zero-order valence-corrected chi connectivity index (χ0v) is 12.1. The van der Waals surface area contributed by atoms with Crippen LogP contribution in [0.5, 0.6) is 0 Å². The van der Waals surface area contributed by atoms with Crippen LogP contribution in [0.25, 0.3) is 0 Å². The Labute approximate surface area is 128 Å². The first-order chi connectivity index (χ1) is 10.7. The summed E-state index contributed by atoms with van der Waals surface area (Å²) in [5.41, 5.74) is -2.80. The molecule has 0 spiro atoms. The molecule has 122 valence electrons. The monoisotopic (exact) mass is 346 g/mol. The Bertz CT molecular complexity index is 823. The van der Waals surface area contributed by atoms with E-state index in [1.807, 2.05) is 0 Å². The first kappa shape index (κ1) is 15.6. The van der Waals surface area contributed by atoms with Gasteiger partial charge in [-0.2, -0.15) is 13.2 Å². The second-order valence-electron chi connectivity index (χ2n) is 4.70. The van der Waals surface area contributed by atoms with Crippen molar-refractivity contribution in [1.82, 2.24) is 9.88 Å². The minimum atomic E-state index is -4.65. The number of benzene rings is 1. The summed E-state index contributed by atoms with van der Waals surface area (Å²) in [7, 11) is -3.89. The van der Waals surface area contributed by atoms with Gasteiger partial charge >= 0.3 is 11.8 Å². The zero-order valence-electron chi connectivity index (χ0n) is 11.3. The van der Waals surface area contributed by atoms with E-state index in [-0.39, 0.29) is 17.0 Å².